The number of carbonyl (C=O) groups is 1. The minimum atomic E-state index is -0.254. The first-order chi connectivity index (χ1) is 16.8. The molecule has 2 aliphatic heterocycles. The number of amides is 1. The molecule has 6 heteroatoms. The Morgan fingerprint density at radius 3 is 2.43 bits per heavy atom. The fraction of sp³-hybridized carbons (Fsp3) is 0.448. The third-order valence-corrected chi connectivity index (χ3v) is 7.83. The van der Waals surface area contributed by atoms with Crippen LogP contribution in [0.25, 0.3) is 0 Å². The van der Waals surface area contributed by atoms with Gasteiger partial charge in [-0.05, 0) is 51.2 Å². The highest BCUT2D eigenvalue weighted by atomic mass is 16.5. The molecule has 0 radical (unpaired) electrons. The van der Waals surface area contributed by atoms with Gasteiger partial charge in [-0.3, -0.25) is 4.79 Å². The van der Waals surface area contributed by atoms with Crippen molar-refractivity contribution in [1.82, 2.24) is 14.7 Å². The largest absolute Gasteiger partial charge is 0.372 e. The van der Waals surface area contributed by atoms with Gasteiger partial charge < -0.3 is 15.0 Å². The molecule has 2 aromatic carbocycles. The topological polar surface area (TPSA) is 59.4 Å². The van der Waals surface area contributed by atoms with E-state index in [1.54, 1.807) is 6.20 Å². The van der Waals surface area contributed by atoms with Gasteiger partial charge in [-0.1, -0.05) is 67.6 Å². The Labute approximate surface area is 208 Å². The zero-order valence-electron chi connectivity index (χ0n) is 21.2. The summed E-state index contributed by atoms with van der Waals surface area (Å²) < 4.78 is 8.26. The first-order valence-corrected chi connectivity index (χ1v) is 12.7. The van der Waals surface area contributed by atoms with E-state index in [0.717, 1.165) is 30.6 Å². The van der Waals surface area contributed by atoms with Crippen LogP contribution in [0.1, 0.15) is 74.5 Å². The quantitative estimate of drug-likeness (QED) is 0.494. The number of carbonyl (C=O) groups excluding carboxylic acids is 1. The van der Waals surface area contributed by atoms with Crippen LogP contribution in [0.2, 0.25) is 0 Å². The Balaban J connectivity index is 1.39. The average molecular weight is 473 g/mol. The van der Waals surface area contributed by atoms with Gasteiger partial charge in [0, 0.05) is 12.1 Å². The number of anilines is 1. The van der Waals surface area contributed by atoms with Crippen molar-refractivity contribution in [3.63, 3.8) is 0 Å². The summed E-state index contributed by atoms with van der Waals surface area (Å²) >= 11 is 0. The molecular formula is C29H36N4O2. The maximum Gasteiger partial charge on any atom is 0.259 e. The summed E-state index contributed by atoms with van der Waals surface area (Å²) in [5.41, 5.74) is 2.55. The zero-order chi connectivity index (χ0) is 24.6. The molecule has 0 saturated carbocycles. The van der Waals surface area contributed by atoms with E-state index in [1.807, 2.05) is 33.8 Å². The predicted molar refractivity (Wildman–Crippen MR) is 138 cm³/mol. The third kappa shape index (κ3) is 4.47. The molecule has 35 heavy (non-hydrogen) atoms. The van der Waals surface area contributed by atoms with Crippen molar-refractivity contribution in [1.29, 1.82) is 0 Å². The van der Waals surface area contributed by atoms with Crippen LogP contribution in [0.4, 0.5) is 5.82 Å². The molecule has 1 aromatic heterocycles. The zero-order valence-corrected chi connectivity index (χ0v) is 21.2. The number of aromatic nitrogens is 2. The van der Waals surface area contributed by atoms with Gasteiger partial charge in [0.1, 0.15) is 11.4 Å². The second-order valence-corrected chi connectivity index (χ2v) is 10.8. The van der Waals surface area contributed by atoms with Crippen LogP contribution in [0, 0.1) is 0 Å². The summed E-state index contributed by atoms with van der Waals surface area (Å²) in [6.45, 7) is 9.86. The van der Waals surface area contributed by atoms with Crippen molar-refractivity contribution in [2.24, 2.45) is 0 Å². The van der Waals surface area contributed by atoms with Crippen molar-refractivity contribution in [3.8, 4) is 0 Å². The molecular weight excluding hydrogens is 436 g/mol. The summed E-state index contributed by atoms with van der Waals surface area (Å²) in [7, 11) is 0. The highest BCUT2D eigenvalue weighted by Gasteiger charge is 2.46. The van der Waals surface area contributed by atoms with Crippen LogP contribution in [0.3, 0.4) is 0 Å². The lowest BCUT2D eigenvalue weighted by molar-refractivity contribution is 0.0437. The summed E-state index contributed by atoms with van der Waals surface area (Å²) in [5, 5.41) is 8.32. The lowest BCUT2D eigenvalue weighted by Crippen LogP contribution is -2.45. The number of hydrogen-bond acceptors (Lipinski definition) is 4. The van der Waals surface area contributed by atoms with Gasteiger partial charge in [-0.15, -0.1) is 0 Å². The molecule has 3 atom stereocenters. The molecule has 1 amide bonds. The van der Waals surface area contributed by atoms with E-state index in [4.69, 9.17) is 4.74 Å². The summed E-state index contributed by atoms with van der Waals surface area (Å²) in [6.07, 6.45) is 4.35. The molecule has 1 N–H and O–H groups in total. The van der Waals surface area contributed by atoms with E-state index in [0.29, 0.717) is 18.7 Å². The molecule has 1 fully saturated rings. The molecule has 3 unspecified atom stereocenters. The van der Waals surface area contributed by atoms with E-state index in [9.17, 15) is 4.79 Å². The maximum atomic E-state index is 14.0. The molecule has 0 bridgehead atoms. The lowest BCUT2D eigenvalue weighted by atomic mass is 9.89. The van der Waals surface area contributed by atoms with Crippen LogP contribution in [-0.2, 0) is 16.9 Å². The number of likely N-dealkylation sites (tertiary alicyclic amines) is 1. The predicted octanol–water partition coefficient (Wildman–Crippen LogP) is 5.78. The van der Waals surface area contributed by atoms with Gasteiger partial charge in [0.05, 0.1) is 30.5 Å². The SMILES string of the molecule is CCC1(C)CC(OCc2ccccc2)CN1C(=O)c1cnn2c1NC(c1ccccc1)CC2(C)C. The Bertz CT molecular complexity index is 1170. The number of ether oxygens (including phenoxy) is 1. The van der Waals surface area contributed by atoms with Crippen LogP contribution in [-0.4, -0.2) is 38.8 Å². The number of benzene rings is 2. The van der Waals surface area contributed by atoms with Crippen molar-refractivity contribution in [2.45, 2.75) is 76.8 Å². The molecule has 3 heterocycles. The monoisotopic (exact) mass is 472 g/mol. The van der Waals surface area contributed by atoms with Crippen LogP contribution < -0.4 is 5.32 Å². The van der Waals surface area contributed by atoms with Crippen molar-refractivity contribution < 1.29 is 9.53 Å². The second-order valence-electron chi connectivity index (χ2n) is 10.8. The van der Waals surface area contributed by atoms with Crippen LogP contribution in [0.15, 0.2) is 66.9 Å². The van der Waals surface area contributed by atoms with Gasteiger partial charge >= 0.3 is 0 Å². The maximum absolute atomic E-state index is 14.0. The summed E-state index contributed by atoms with van der Waals surface area (Å²) in [6, 6.07) is 20.8. The molecule has 3 aromatic rings. The number of rotatable bonds is 6. The van der Waals surface area contributed by atoms with Gasteiger partial charge in [-0.2, -0.15) is 5.10 Å². The van der Waals surface area contributed by atoms with E-state index in [-0.39, 0.29) is 29.1 Å². The molecule has 1 saturated heterocycles. The third-order valence-electron chi connectivity index (χ3n) is 7.83. The molecule has 6 nitrogen and oxygen atoms in total. The van der Waals surface area contributed by atoms with Gasteiger partial charge in [0.2, 0.25) is 0 Å². The minimum Gasteiger partial charge on any atom is -0.372 e. The lowest BCUT2D eigenvalue weighted by Gasteiger charge is -2.39. The standard InChI is InChI=1S/C29H36N4O2/c1-5-29(4)16-23(35-20-21-12-8-6-9-13-21)19-32(29)27(34)24-18-30-33-26(24)31-25(17-28(33,2)3)22-14-10-7-11-15-22/h6-15,18,23,25,31H,5,16-17,19-20H2,1-4H3. The normalized spacial score (nSPS) is 25.2. The minimum absolute atomic E-state index is 0.0111. The first kappa shape index (κ1) is 23.6. The van der Waals surface area contributed by atoms with Crippen molar-refractivity contribution in [2.75, 3.05) is 11.9 Å². The molecule has 0 aliphatic carbocycles. The van der Waals surface area contributed by atoms with Crippen LogP contribution in [0.5, 0.6) is 0 Å². The summed E-state index contributed by atoms with van der Waals surface area (Å²) in [4.78, 5) is 16.0. The molecule has 5 rings (SSSR count). The number of nitrogens with zero attached hydrogens (tertiary/aromatic N) is 3. The van der Waals surface area contributed by atoms with Gasteiger partial charge in [0.25, 0.3) is 5.91 Å². The van der Waals surface area contributed by atoms with E-state index < -0.39 is 0 Å². The highest BCUT2D eigenvalue weighted by Crippen LogP contribution is 2.42. The van der Waals surface area contributed by atoms with Gasteiger partial charge in [0.15, 0.2) is 0 Å². The van der Waals surface area contributed by atoms with E-state index >= 15 is 0 Å². The first-order valence-electron chi connectivity index (χ1n) is 12.7. The van der Waals surface area contributed by atoms with E-state index in [2.05, 4.69) is 74.5 Å². The van der Waals surface area contributed by atoms with E-state index in [1.165, 1.54) is 5.56 Å². The Kier molecular flexibility index (Phi) is 6.18. The number of nitrogens with one attached hydrogen (secondary N) is 1. The van der Waals surface area contributed by atoms with Gasteiger partial charge in [-0.25, -0.2) is 4.68 Å². The summed E-state index contributed by atoms with van der Waals surface area (Å²) in [5.74, 6) is 0.839. The number of fused-ring (bicyclic) bond motifs is 1. The van der Waals surface area contributed by atoms with Crippen molar-refractivity contribution in [3.05, 3.63) is 83.6 Å². The fourth-order valence-electron chi connectivity index (χ4n) is 5.59. The Hall–Kier alpha value is -3.12. The molecule has 0 spiro atoms. The Morgan fingerprint density at radius 1 is 1.06 bits per heavy atom. The molecule has 184 valence electrons. The van der Waals surface area contributed by atoms with Crippen LogP contribution >= 0.6 is 0 Å². The van der Waals surface area contributed by atoms with Crippen molar-refractivity contribution >= 4 is 11.7 Å². The smallest absolute Gasteiger partial charge is 0.259 e. The average Bonchev–Trinajstić information content (AvgIpc) is 3.45. The second kappa shape index (κ2) is 9.15. The Morgan fingerprint density at radius 2 is 1.74 bits per heavy atom. The number of hydrogen-bond donors (Lipinski definition) is 1. The highest BCUT2D eigenvalue weighted by molar-refractivity contribution is 5.99. The molecule has 2 aliphatic rings. The fourth-order valence-corrected chi connectivity index (χ4v) is 5.59.